The molecule has 0 aromatic carbocycles. The highest BCUT2D eigenvalue weighted by Crippen LogP contribution is 2.32. The van der Waals surface area contributed by atoms with Crippen LogP contribution < -0.4 is 10.3 Å². The van der Waals surface area contributed by atoms with Gasteiger partial charge in [0.05, 0.1) is 24.4 Å². The van der Waals surface area contributed by atoms with Crippen molar-refractivity contribution in [2.75, 3.05) is 13.7 Å². The average molecular weight is 330 g/mol. The number of hydrogen-bond acceptors (Lipinski definition) is 4. The van der Waals surface area contributed by atoms with E-state index in [9.17, 15) is 9.59 Å². The Kier molecular flexibility index (Phi) is 4.42. The highest BCUT2D eigenvalue weighted by molar-refractivity contribution is 5.97. The topological polar surface area (TPSA) is 69.4 Å². The number of carbonyl (C=O) groups excluding carboxylic acids is 1. The zero-order valence-electron chi connectivity index (χ0n) is 14.2. The second-order valence-electron chi connectivity index (χ2n) is 6.09. The van der Waals surface area contributed by atoms with E-state index in [1.165, 1.54) is 17.7 Å². The number of nitrogens with zero attached hydrogens (tertiary/aromatic N) is 4. The van der Waals surface area contributed by atoms with Gasteiger partial charge in [0.2, 0.25) is 0 Å². The van der Waals surface area contributed by atoms with E-state index in [2.05, 4.69) is 5.10 Å². The number of rotatable bonds is 3. The first-order valence-corrected chi connectivity index (χ1v) is 8.06. The van der Waals surface area contributed by atoms with Gasteiger partial charge in [-0.25, -0.2) is 0 Å². The summed E-state index contributed by atoms with van der Waals surface area (Å²) in [5.41, 5.74) is 1.23. The molecule has 2 aromatic heterocycles. The summed E-state index contributed by atoms with van der Waals surface area (Å²) in [7, 11) is 4.99. The van der Waals surface area contributed by atoms with Gasteiger partial charge in [-0.2, -0.15) is 5.10 Å². The fourth-order valence-corrected chi connectivity index (χ4v) is 3.29. The molecule has 0 spiro atoms. The van der Waals surface area contributed by atoms with Gasteiger partial charge in [0.1, 0.15) is 5.75 Å². The Balaban J connectivity index is 2.00. The molecule has 1 unspecified atom stereocenters. The van der Waals surface area contributed by atoms with Crippen molar-refractivity contribution in [2.45, 2.75) is 25.3 Å². The molecule has 1 fully saturated rings. The van der Waals surface area contributed by atoms with Crippen LogP contribution in [0.25, 0.3) is 0 Å². The van der Waals surface area contributed by atoms with E-state index in [1.807, 2.05) is 22.7 Å². The highest BCUT2D eigenvalue weighted by Gasteiger charge is 2.32. The predicted molar refractivity (Wildman–Crippen MR) is 89.1 cm³/mol. The van der Waals surface area contributed by atoms with Crippen LogP contribution in [0, 0.1) is 0 Å². The van der Waals surface area contributed by atoms with Crippen molar-refractivity contribution in [1.82, 2.24) is 19.2 Å². The van der Waals surface area contributed by atoms with E-state index < -0.39 is 0 Å². The number of aromatic nitrogens is 3. The maximum Gasteiger partial charge on any atom is 0.259 e. The molecule has 0 bridgehead atoms. The minimum Gasteiger partial charge on any atom is -0.496 e. The van der Waals surface area contributed by atoms with Gasteiger partial charge in [0.15, 0.2) is 0 Å². The number of methoxy groups -OCH3 is 1. The van der Waals surface area contributed by atoms with Gasteiger partial charge in [-0.3, -0.25) is 14.3 Å². The molecule has 7 heteroatoms. The lowest BCUT2D eigenvalue weighted by Gasteiger charge is -2.36. The Hall–Kier alpha value is -2.57. The number of piperidine rings is 1. The standard InChI is InChI=1S/C17H22N4O3/c1-19-11-12(15(24-3)10-16(19)22)17(23)21-9-5-4-6-14(21)13-7-8-18-20(13)2/h7-8,10-11,14H,4-6,9H2,1-3H3. The number of pyridine rings is 1. The maximum atomic E-state index is 13.2. The SMILES string of the molecule is COc1cc(=O)n(C)cc1C(=O)N1CCCCC1c1ccnn1C. The van der Waals surface area contributed by atoms with Crippen molar-refractivity contribution in [3.8, 4) is 5.75 Å². The first-order chi connectivity index (χ1) is 11.5. The number of carbonyl (C=O) groups is 1. The zero-order chi connectivity index (χ0) is 17.3. The van der Waals surface area contributed by atoms with E-state index in [-0.39, 0.29) is 17.5 Å². The smallest absolute Gasteiger partial charge is 0.259 e. The fraction of sp³-hybridized carbons (Fsp3) is 0.471. The zero-order valence-corrected chi connectivity index (χ0v) is 14.2. The lowest BCUT2D eigenvalue weighted by Crippen LogP contribution is -2.40. The van der Waals surface area contributed by atoms with E-state index >= 15 is 0 Å². The van der Waals surface area contributed by atoms with Crippen molar-refractivity contribution in [1.29, 1.82) is 0 Å². The van der Waals surface area contributed by atoms with Crippen molar-refractivity contribution in [2.24, 2.45) is 14.1 Å². The number of likely N-dealkylation sites (tertiary alicyclic amines) is 1. The molecule has 0 N–H and O–H groups in total. The van der Waals surface area contributed by atoms with Crippen molar-refractivity contribution >= 4 is 5.91 Å². The summed E-state index contributed by atoms with van der Waals surface area (Å²) in [6, 6.07) is 3.30. The van der Waals surface area contributed by atoms with Gasteiger partial charge in [-0.1, -0.05) is 0 Å². The largest absolute Gasteiger partial charge is 0.496 e. The van der Waals surface area contributed by atoms with Crippen LogP contribution in [0.4, 0.5) is 0 Å². The number of amides is 1. The van der Waals surface area contributed by atoms with Gasteiger partial charge < -0.3 is 14.2 Å². The average Bonchev–Trinajstić information content (AvgIpc) is 3.02. The van der Waals surface area contributed by atoms with Crippen LogP contribution in [0.1, 0.15) is 41.4 Å². The molecule has 3 heterocycles. The third kappa shape index (κ3) is 2.81. The molecule has 7 nitrogen and oxygen atoms in total. The summed E-state index contributed by atoms with van der Waals surface area (Å²) < 4.78 is 8.48. The maximum absolute atomic E-state index is 13.2. The van der Waals surface area contributed by atoms with E-state index in [0.29, 0.717) is 17.9 Å². The van der Waals surface area contributed by atoms with Crippen LogP contribution in [-0.2, 0) is 14.1 Å². The monoisotopic (exact) mass is 330 g/mol. The summed E-state index contributed by atoms with van der Waals surface area (Å²) in [6.45, 7) is 0.681. The second-order valence-corrected chi connectivity index (χ2v) is 6.09. The lowest BCUT2D eigenvalue weighted by molar-refractivity contribution is 0.0597. The molecule has 0 radical (unpaired) electrons. The molecule has 2 aromatic rings. The van der Waals surface area contributed by atoms with E-state index in [4.69, 9.17) is 4.74 Å². The number of hydrogen-bond donors (Lipinski definition) is 0. The first-order valence-electron chi connectivity index (χ1n) is 8.06. The molecule has 1 saturated heterocycles. The van der Waals surface area contributed by atoms with Crippen LogP contribution >= 0.6 is 0 Å². The number of ether oxygens (including phenoxy) is 1. The fourth-order valence-electron chi connectivity index (χ4n) is 3.29. The molecule has 1 aliphatic rings. The van der Waals surface area contributed by atoms with Crippen LogP contribution in [0.2, 0.25) is 0 Å². The summed E-state index contributed by atoms with van der Waals surface area (Å²) in [5.74, 6) is 0.200. The van der Waals surface area contributed by atoms with Crippen LogP contribution in [0.5, 0.6) is 5.75 Å². The van der Waals surface area contributed by atoms with Crippen molar-refractivity contribution in [3.63, 3.8) is 0 Å². The minimum absolute atomic E-state index is 0.0132. The van der Waals surface area contributed by atoms with Crippen molar-refractivity contribution in [3.05, 3.63) is 46.1 Å². The third-order valence-corrected chi connectivity index (χ3v) is 4.60. The highest BCUT2D eigenvalue weighted by atomic mass is 16.5. The Labute approximate surface area is 140 Å². The molecule has 24 heavy (non-hydrogen) atoms. The normalized spacial score (nSPS) is 17.8. The third-order valence-electron chi connectivity index (χ3n) is 4.60. The second kappa shape index (κ2) is 6.51. The van der Waals surface area contributed by atoms with Gasteiger partial charge in [0.25, 0.3) is 11.5 Å². The summed E-state index contributed by atoms with van der Waals surface area (Å²) >= 11 is 0. The van der Waals surface area contributed by atoms with Gasteiger partial charge in [0, 0.05) is 39.1 Å². The summed E-state index contributed by atoms with van der Waals surface area (Å²) in [6.07, 6.45) is 6.25. The molecular formula is C17H22N4O3. The predicted octanol–water partition coefficient (Wildman–Crippen LogP) is 1.49. The van der Waals surface area contributed by atoms with E-state index in [0.717, 1.165) is 25.0 Å². The van der Waals surface area contributed by atoms with Gasteiger partial charge >= 0.3 is 0 Å². The Morgan fingerprint density at radius 2 is 2.12 bits per heavy atom. The van der Waals surface area contributed by atoms with E-state index in [1.54, 1.807) is 19.4 Å². The molecule has 3 rings (SSSR count). The molecular weight excluding hydrogens is 308 g/mol. The molecule has 0 aliphatic carbocycles. The summed E-state index contributed by atoms with van der Waals surface area (Å²) in [5, 5.41) is 4.23. The summed E-state index contributed by atoms with van der Waals surface area (Å²) in [4.78, 5) is 26.8. The number of aryl methyl sites for hydroxylation is 2. The minimum atomic E-state index is -0.203. The molecule has 1 amide bonds. The molecule has 0 saturated carbocycles. The van der Waals surface area contributed by atoms with Crippen LogP contribution in [0.3, 0.4) is 0 Å². The van der Waals surface area contributed by atoms with Crippen molar-refractivity contribution < 1.29 is 9.53 Å². The van der Waals surface area contributed by atoms with Gasteiger partial charge in [-0.15, -0.1) is 0 Å². The van der Waals surface area contributed by atoms with Gasteiger partial charge in [-0.05, 0) is 25.3 Å². The molecule has 1 atom stereocenters. The lowest BCUT2D eigenvalue weighted by atomic mass is 9.98. The first kappa shape index (κ1) is 16.3. The molecule has 1 aliphatic heterocycles. The Bertz CT molecular complexity index is 808. The quantitative estimate of drug-likeness (QED) is 0.855. The van der Waals surface area contributed by atoms with Crippen LogP contribution in [-0.4, -0.2) is 38.8 Å². The Morgan fingerprint density at radius 1 is 1.33 bits per heavy atom. The van der Waals surface area contributed by atoms with Crippen LogP contribution in [0.15, 0.2) is 29.3 Å². The molecule has 128 valence electrons. The Morgan fingerprint density at radius 3 is 2.79 bits per heavy atom.